The highest BCUT2D eigenvalue weighted by atomic mass is 16.5. The molecule has 2 heteroatoms. The number of hydrogen-bond donors (Lipinski definition) is 0. The van der Waals surface area contributed by atoms with Crippen LogP contribution in [0, 0.1) is 12.8 Å². The van der Waals surface area contributed by atoms with E-state index < -0.39 is 0 Å². The molecule has 1 aliphatic rings. The second-order valence-corrected chi connectivity index (χ2v) is 5.49. The first kappa shape index (κ1) is 13.3. The molecule has 2 rings (SSSR count). The molecule has 1 aromatic rings. The quantitative estimate of drug-likeness (QED) is 0.756. The van der Waals surface area contributed by atoms with Crippen molar-refractivity contribution >= 4 is 5.78 Å². The van der Waals surface area contributed by atoms with Gasteiger partial charge in [0, 0.05) is 5.56 Å². The second kappa shape index (κ2) is 6.14. The Hall–Kier alpha value is -1.15. The van der Waals surface area contributed by atoms with Gasteiger partial charge in [0.1, 0.15) is 6.61 Å². The number of carbonyl (C=O) groups is 1. The van der Waals surface area contributed by atoms with Gasteiger partial charge in [-0.2, -0.15) is 0 Å². The Morgan fingerprint density at radius 1 is 1.28 bits per heavy atom. The van der Waals surface area contributed by atoms with E-state index in [9.17, 15) is 4.79 Å². The molecule has 0 N–H and O–H groups in total. The lowest BCUT2D eigenvalue weighted by Crippen LogP contribution is -2.23. The van der Waals surface area contributed by atoms with Gasteiger partial charge < -0.3 is 4.74 Å². The van der Waals surface area contributed by atoms with Gasteiger partial charge in [-0.3, -0.25) is 4.79 Å². The van der Waals surface area contributed by atoms with Crippen molar-refractivity contribution < 1.29 is 9.53 Å². The number of ether oxygens (including phenoxy) is 1. The van der Waals surface area contributed by atoms with Crippen LogP contribution in [0.25, 0.3) is 0 Å². The summed E-state index contributed by atoms with van der Waals surface area (Å²) in [6.07, 6.45) is 4.94. The SMILES string of the molecule is Cc1cccc(C(=O)COC2CCC(C)CC2)c1. The minimum atomic E-state index is 0.0947. The molecule has 0 unspecified atom stereocenters. The highest BCUT2D eigenvalue weighted by Gasteiger charge is 2.19. The van der Waals surface area contributed by atoms with Gasteiger partial charge in [0.15, 0.2) is 5.78 Å². The molecule has 0 bridgehead atoms. The monoisotopic (exact) mass is 246 g/mol. The van der Waals surface area contributed by atoms with E-state index in [0.29, 0.717) is 0 Å². The van der Waals surface area contributed by atoms with E-state index >= 15 is 0 Å². The van der Waals surface area contributed by atoms with Crippen molar-refractivity contribution in [1.29, 1.82) is 0 Å². The van der Waals surface area contributed by atoms with Gasteiger partial charge in [-0.1, -0.05) is 30.7 Å². The van der Waals surface area contributed by atoms with E-state index in [1.807, 2.05) is 31.2 Å². The summed E-state index contributed by atoms with van der Waals surface area (Å²) in [5.41, 5.74) is 1.88. The molecule has 0 amide bonds. The Kier molecular flexibility index (Phi) is 4.54. The van der Waals surface area contributed by atoms with Gasteiger partial charge in [-0.15, -0.1) is 0 Å². The molecule has 0 saturated heterocycles. The standard InChI is InChI=1S/C16H22O2/c1-12-6-8-15(9-7-12)18-11-16(17)14-5-3-4-13(2)10-14/h3-5,10,12,15H,6-9,11H2,1-2H3. The molecule has 1 saturated carbocycles. The molecular formula is C16H22O2. The average Bonchev–Trinajstić information content (AvgIpc) is 2.38. The van der Waals surface area contributed by atoms with E-state index in [1.165, 1.54) is 12.8 Å². The molecule has 1 aliphatic carbocycles. The van der Waals surface area contributed by atoms with E-state index in [1.54, 1.807) is 0 Å². The van der Waals surface area contributed by atoms with E-state index in [0.717, 1.165) is 29.9 Å². The van der Waals surface area contributed by atoms with Crippen LogP contribution in [0.5, 0.6) is 0 Å². The number of rotatable bonds is 4. The van der Waals surface area contributed by atoms with Crippen molar-refractivity contribution in [1.82, 2.24) is 0 Å². The molecule has 0 atom stereocenters. The van der Waals surface area contributed by atoms with E-state index in [2.05, 4.69) is 6.92 Å². The van der Waals surface area contributed by atoms with Crippen molar-refractivity contribution in [3.05, 3.63) is 35.4 Å². The van der Waals surface area contributed by atoms with Crippen molar-refractivity contribution in [3.63, 3.8) is 0 Å². The molecule has 2 nitrogen and oxygen atoms in total. The average molecular weight is 246 g/mol. The van der Waals surface area contributed by atoms with Crippen molar-refractivity contribution in [3.8, 4) is 0 Å². The Labute approximate surface area is 109 Å². The maximum absolute atomic E-state index is 12.0. The predicted octanol–water partition coefficient (Wildman–Crippen LogP) is 3.77. The Morgan fingerprint density at radius 3 is 2.67 bits per heavy atom. The summed E-state index contributed by atoms with van der Waals surface area (Å²) >= 11 is 0. The number of Topliss-reactive ketones (excluding diaryl/α,β-unsaturated/α-hetero) is 1. The number of carbonyl (C=O) groups excluding carboxylic acids is 1. The van der Waals surface area contributed by atoms with Crippen LogP contribution < -0.4 is 0 Å². The molecule has 18 heavy (non-hydrogen) atoms. The van der Waals surface area contributed by atoms with Gasteiger partial charge in [0.05, 0.1) is 6.10 Å². The summed E-state index contributed by atoms with van der Waals surface area (Å²) in [4.78, 5) is 12.0. The van der Waals surface area contributed by atoms with Crippen LogP contribution in [0.15, 0.2) is 24.3 Å². The van der Waals surface area contributed by atoms with E-state index in [-0.39, 0.29) is 18.5 Å². The number of ketones is 1. The summed E-state index contributed by atoms with van der Waals surface area (Å²) < 4.78 is 5.74. The van der Waals surface area contributed by atoms with Gasteiger partial charge in [-0.25, -0.2) is 0 Å². The minimum Gasteiger partial charge on any atom is -0.370 e. The van der Waals surface area contributed by atoms with Crippen LogP contribution in [-0.4, -0.2) is 18.5 Å². The highest BCUT2D eigenvalue weighted by Crippen LogP contribution is 2.25. The van der Waals surface area contributed by atoms with Crippen LogP contribution in [-0.2, 0) is 4.74 Å². The zero-order valence-corrected chi connectivity index (χ0v) is 11.3. The third-order valence-corrected chi connectivity index (χ3v) is 3.75. The summed E-state index contributed by atoms with van der Waals surface area (Å²) in [6, 6.07) is 7.71. The molecule has 1 aromatic carbocycles. The van der Waals surface area contributed by atoms with Gasteiger partial charge in [0.25, 0.3) is 0 Å². The summed E-state index contributed by atoms with van der Waals surface area (Å²) in [7, 11) is 0. The van der Waals surface area contributed by atoms with Gasteiger partial charge in [0.2, 0.25) is 0 Å². The Bertz CT molecular complexity index is 403. The van der Waals surface area contributed by atoms with Crippen LogP contribution in [0.1, 0.15) is 48.5 Å². The fourth-order valence-electron chi connectivity index (χ4n) is 2.49. The third kappa shape index (κ3) is 3.67. The van der Waals surface area contributed by atoms with Crippen molar-refractivity contribution in [2.24, 2.45) is 5.92 Å². The van der Waals surface area contributed by atoms with Gasteiger partial charge in [-0.05, 0) is 44.6 Å². The topological polar surface area (TPSA) is 26.3 Å². The summed E-state index contributed by atoms with van der Waals surface area (Å²) in [6.45, 7) is 4.51. The number of aryl methyl sites for hydroxylation is 1. The largest absolute Gasteiger partial charge is 0.370 e. The third-order valence-electron chi connectivity index (χ3n) is 3.75. The second-order valence-electron chi connectivity index (χ2n) is 5.49. The number of hydrogen-bond acceptors (Lipinski definition) is 2. The molecule has 0 aromatic heterocycles. The van der Waals surface area contributed by atoms with Crippen molar-refractivity contribution in [2.45, 2.75) is 45.6 Å². The first-order valence-corrected chi connectivity index (χ1v) is 6.86. The molecule has 0 heterocycles. The lowest BCUT2D eigenvalue weighted by molar-refractivity contribution is 0.0217. The first-order valence-electron chi connectivity index (χ1n) is 6.86. The van der Waals surface area contributed by atoms with Crippen LogP contribution in [0.3, 0.4) is 0 Å². The fraction of sp³-hybridized carbons (Fsp3) is 0.562. The Balaban J connectivity index is 1.81. The summed E-state index contributed by atoms with van der Waals surface area (Å²) in [5.74, 6) is 0.912. The lowest BCUT2D eigenvalue weighted by Gasteiger charge is -2.25. The Morgan fingerprint density at radius 2 is 2.00 bits per heavy atom. The lowest BCUT2D eigenvalue weighted by atomic mass is 9.89. The van der Waals surface area contributed by atoms with Crippen LogP contribution >= 0.6 is 0 Å². The van der Waals surface area contributed by atoms with Crippen molar-refractivity contribution in [2.75, 3.05) is 6.61 Å². The molecule has 1 fully saturated rings. The molecule has 98 valence electrons. The first-order chi connectivity index (χ1) is 8.65. The van der Waals surface area contributed by atoms with Gasteiger partial charge >= 0.3 is 0 Å². The molecule has 0 radical (unpaired) electrons. The molecule has 0 aliphatic heterocycles. The molecular weight excluding hydrogens is 224 g/mol. The number of benzene rings is 1. The maximum Gasteiger partial charge on any atom is 0.188 e. The van der Waals surface area contributed by atoms with Crippen LogP contribution in [0.2, 0.25) is 0 Å². The minimum absolute atomic E-state index is 0.0947. The predicted molar refractivity (Wildman–Crippen MR) is 72.9 cm³/mol. The normalized spacial score (nSPS) is 23.9. The maximum atomic E-state index is 12.0. The van der Waals surface area contributed by atoms with E-state index in [4.69, 9.17) is 4.74 Å². The molecule has 0 spiro atoms. The van der Waals surface area contributed by atoms with Crippen LogP contribution in [0.4, 0.5) is 0 Å². The fourth-order valence-corrected chi connectivity index (χ4v) is 2.49. The highest BCUT2D eigenvalue weighted by molar-refractivity contribution is 5.97. The zero-order valence-electron chi connectivity index (χ0n) is 11.3. The zero-order chi connectivity index (χ0) is 13.0. The summed E-state index contributed by atoms with van der Waals surface area (Å²) in [5, 5.41) is 0. The smallest absolute Gasteiger partial charge is 0.188 e.